The van der Waals surface area contributed by atoms with Crippen LogP contribution in [-0.2, 0) is 11.3 Å². The minimum Gasteiger partial charge on any atom is -0.325 e. The molecule has 0 unspecified atom stereocenters. The van der Waals surface area contributed by atoms with Gasteiger partial charge in [0.1, 0.15) is 0 Å². The second kappa shape index (κ2) is 8.79. The van der Waals surface area contributed by atoms with Crippen LogP contribution in [0.5, 0.6) is 0 Å². The minimum absolute atomic E-state index is 0.159. The molecule has 0 saturated heterocycles. The summed E-state index contributed by atoms with van der Waals surface area (Å²) >= 11 is 7.04. The molecule has 1 amide bonds. The number of aromatic nitrogens is 3. The first kappa shape index (κ1) is 17.6. The standard InChI is InChI=1S/C15H19ClN4O2S/c1-2-3-4-9-20-14(22)18-19-15(20)23-10-13(21)17-12-7-5-11(16)6-8-12/h5-8H,2-4,9-10H2,1H3,(H,17,21)(H,18,22). The Morgan fingerprint density at radius 3 is 2.78 bits per heavy atom. The van der Waals surface area contributed by atoms with Gasteiger partial charge in [0.2, 0.25) is 5.91 Å². The maximum Gasteiger partial charge on any atom is 0.343 e. The Balaban J connectivity index is 1.88. The maximum atomic E-state index is 12.0. The highest BCUT2D eigenvalue weighted by molar-refractivity contribution is 7.99. The number of amides is 1. The second-order valence-corrected chi connectivity index (χ2v) is 6.39. The van der Waals surface area contributed by atoms with Crippen molar-refractivity contribution in [3.63, 3.8) is 0 Å². The predicted octanol–water partition coefficient (Wildman–Crippen LogP) is 3.15. The maximum absolute atomic E-state index is 12.0. The summed E-state index contributed by atoms with van der Waals surface area (Å²) in [6.45, 7) is 2.72. The number of anilines is 1. The van der Waals surface area contributed by atoms with E-state index in [1.54, 1.807) is 28.8 Å². The Morgan fingerprint density at radius 1 is 1.35 bits per heavy atom. The van der Waals surface area contributed by atoms with E-state index in [0.717, 1.165) is 19.3 Å². The number of carbonyl (C=O) groups excluding carboxylic acids is 1. The van der Waals surface area contributed by atoms with Crippen LogP contribution in [0.2, 0.25) is 5.02 Å². The van der Waals surface area contributed by atoms with Crippen LogP contribution in [0.3, 0.4) is 0 Å². The molecule has 1 heterocycles. The van der Waals surface area contributed by atoms with Gasteiger partial charge in [0.05, 0.1) is 5.75 Å². The van der Waals surface area contributed by atoms with Crippen LogP contribution < -0.4 is 11.0 Å². The molecule has 8 heteroatoms. The number of carbonyl (C=O) groups is 1. The van der Waals surface area contributed by atoms with Gasteiger partial charge in [0, 0.05) is 17.3 Å². The van der Waals surface area contributed by atoms with Gasteiger partial charge in [-0.3, -0.25) is 9.36 Å². The van der Waals surface area contributed by atoms with Gasteiger partial charge in [-0.25, -0.2) is 9.89 Å². The molecule has 1 aromatic carbocycles. The van der Waals surface area contributed by atoms with E-state index in [-0.39, 0.29) is 17.3 Å². The predicted molar refractivity (Wildman–Crippen MR) is 93.2 cm³/mol. The molecule has 2 rings (SSSR count). The molecule has 0 saturated carbocycles. The molecule has 0 aliphatic carbocycles. The normalized spacial score (nSPS) is 10.7. The number of thioether (sulfide) groups is 1. The zero-order valence-corrected chi connectivity index (χ0v) is 14.4. The van der Waals surface area contributed by atoms with Gasteiger partial charge in [0.15, 0.2) is 5.16 Å². The zero-order chi connectivity index (χ0) is 16.7. The van der Waals surface area contributed by atoms with E-state index in [9.17, 15) is 9.59 Å². The SMILES string of the molecule is CCCCCn1c(SCC(=O)Nc2ccc(Cl)cc2)n[nH]c1=O. The first-order chi connectivity index (χ1) is 11.1. The van der Waals surface area contributed by atoms with Gasteiger partial charge in [-0.15, -0.1) is 5.10 Å². The Labute approximate surface area is 143 Å². The van der Waals surface area contributed by atoms with Crippen molar-refractivity contribution in [1.29, 1.82) is 0 Å². The average Bonchev–Trinajstić information content (AvgIpc) is 2.88. The van der Waals surface area contributed by atoms with Crippen molar-refractivity contribution >= 4 is 35.0 Å². The van der Waals surface area contributed by atoms with E-state index in [1.807, 2.05) is 0 Å². The number of hydrogen-bond acceptors (Lipinski definition) is 4. The quantitative estimate of drug-likeness (QED) is 0.563. The first-order valence-electron chi connectivity index (χ1n) is 7.43. The largest absolute Gasteiger partial charge is 0.343 e. The highest BCUT2D eigenvalue weighted by Crippen LogP contribution is 2.16. The van der Waals surface area contributed by atoms with Gasteiger partial charge >= 0.3 is 5.69 Å². The summed E-state index contributed by atoms with van der Waals surface area (Å²) in [5, 5.41) is 10.3. The number of halogens is 1. The summed E-state index contributed by atoms with van der Waals surface area (Å²) in [5.74, 6) is 0.0219. The highest BCUT2D eigenvalue weighted by Gasteiger charge is 2.11. The van der Waals surface area contributed by atoms with Crippen molar-refractivity contribution in [1.82, 2.24) is 14.8 Å². The third kappa shape index (κ3) is 5.44. The van der Waals surface area contributed by atoms with Crippen molar-refractivity contribution < 1.29 is 4.79 Å². The Bertz CT molecular complexity index is 696. The lowest BCUT2D eigenvalue weighted by Gasteiger charge is -2.06. The fraction of sp³-hybridized carbons (Fsp3) is 0.400. The average molecular weight is 355 g/mol. The van der Waals surface area contributed by atoms with Crippen molar-refractivity contribution in [3.8, 4) is 0 Å². The summed E-state index contributed by atoms with van der Waals surface area (Å²) in [6.07, 6.45) is 3.05. The minimum atomic E-state index is -0.235. The lowest BCUT2D eigenvalue weighted by Crippen LogP contribution is -2.19. The van der Waals surface area contributed by atoms with Crippen molar-refractivity contribution in [2.24, 2.45) is 0 Å². The topological polar surface area (TPSA) is 79.8 Å². The van der Waals surface area contributed by atoms with Crippen LogP contribution in [0.1, 0.15) is 26.2 Å². The van der Waals surface area contributed by atoms with E-state index in [1.165, 1.54) is 11.8 Å². The molecule has 0 radical (unpaired) electrons. The van der Waals surface area contributed by atoms with Gasteiger partial charge in [-0.2, -0.15) is 0 Å². The highest BCUT2D eigenvalue weighted by atomic mass is 35.5. The van der Waals surface area contributed by atoms with Gasteiger partial charge in [-0.1, -0.05) is 43.1 Å². The number of unbranched alkanes of at least 4 members (excludes halogenated alkanes) is 2. The molecular formula is C15H19ClN4O2S. The summed E-state index contributed by atoms with van der Waals surface area (Å²) < 4.78 is 1.58. The molecule has 1 aromatic heterocycles. The summed E-state index contributed by atoms with van der Waals surface area (Å²) in [6, 6.07) is 6.90. The van der Waals surface area contributed by atoms with Crippen LogP contribution in [0.4, 0.5) is 5.69 Å². The van der Waals surface area contributed by atoms with Crippen LogP contribution in [0.15, 0.2) is 34.2 Å². The number of nitrogens with one attached hydrogen (secondary N) is 2. The lowest BCUT2D eigenvalue weighted by atomic mass is 10.2. The number of hydrogen-bond donors (Lipinski definition) is 2. The summed E-state index contributed by atoms with van der Waals surface area (Å²) in [5.41, 5.74) is 0.448. The van der Waals surface area contributed by atoms with E-state index in [0.29, 0.717) is 22.4 Å². The van der Waals surface area contributed by atoms with Crippen LogP contribution in [0, 0.1) is 0 Å². The summed E-state index contributed by atoms with van der Waals surface area (Å²) in [4.78, 5) is 23.7. The van der Waals surface area contributed by atoms with Crippen molar-refractivity contribution in [3.05, 3.63) is 39.8 Å². The Kier molecular flexibility index (Phi) is 6.73. The smallest absolute Gasteiger partial charge is 0.325 e. The molecule has 0 fully saturated rings. The fourth-order valence-corrected chi connectivity index (χ4v) is 2.89. The Morgan fingerprint density at radius 2 is 2.09 bits per heavy atom. The molecule has 2 N–H and O–H groups in total. The number of nitrogens with zero attached hydrogens (tertiary/aromatic N) is 2. The molecule has 0 aliphatic heterocycles. The zero-order valence-electron chi connectivity index (χ0n) is 12.8. The van der Waals surface area contributed by atoms with E-state index in [2.05, 4.69) is 22.4 Å². The lowest BCUT2D eigenvalue weighted by molar-refractivity contribution is -0.113. The Hall–Kier alpha value is -1.73. The molecular weight excluding hydrogens is 336 g/mol. The molecule has 0 spiro atoms. The van der Waals surface area contributed by atoms with Gasteiger partial charge < -0.3 is 5.32 Å². The monoisotopic (exact) mass is 354 g/mol. The molecule has 2 aromatic rings. The van der Waals surface area contributed by atoms with E-state index >= 15 is 0 Å². The van der Waals surface area contributed by atoms with Gasteiger partial charge in [0.25, 0.3) is 0 Å². The van der Waals surface area contributed by atoms with Crippen LogP contribution in [-0.4, -0.2) is 26.4 Å². The van der Waals surface area contributed by atoms with E-state index < -0.39 is 0 Å². The van der Waals surface area contributed by atoms with Gasteiger partial charge in [-0.05, 0) is 30.7 Å². The molecule has 6 nitrogen and oxygen atoms in total. The first-order valence-corrected chi connectivity index (χ1v) is 8.80. The molecule has 124 valence electrons. The molecule has 23 heavy (non-hydrogen) atoms. The molecule has 0 aliphatic rings. The number of aromatic amines is 1. The summed E-state index contributed by atoms with van der Waals surface area (Å²) in [7, 11) is 0. The third-order valence-corrected chi connectivity index (χ3v) is 4.40. The molecule has 0 atom stereocenters. The van der Waals surface area contributed by atoms with Crippen LogP contribution in [0.25, 0.3) is 0 Å². The van der Waals surface area contributed by atoms with Crippen LogP contribution >= 0.6 is 23.4 Å². The number of rotatable bonds is 8. The molecule has 0 bridgehead atoms. The number of benzene rings is 1. The third-order valence-electron chi connectivity index (χ3n) is 3.17. The van der Waals surface area contributed by atoms with Crippen molar-refractivity contribution in [2.75, 3.05) is 11.1 Å². The van der Waals surface area contributed by atoms with E-state index in [4.69, 9.17) is 11.6 Å². The second-order valence-electron chi connectivity index (χ2n) is 5.01. The van der Waals surface area contributed by atoms with Crippen molar-refractivity contribution in [2.45, 2.75) is 37.9 Å². The number of H-pyrrole nitrogens is 1. The fourth-order valence-electron chi connectivity index (χ4n) is 1.99.